The Morgan fingerprint density at radius 2 is 1.83 bits per heavy atom. The van der Waals surface area contributed by atoms with Gasteiger partial charge in [-0.3, -0.25) is 0 Å². The highest BCUT2D eigenvalue weighted by atomic mass is 35.5. The lowest BCUT2D eigenvalue weighted by Gasteiger charge is -2.22. The molecule has 1 aromatic carbocycles. The van der Waals surface area contributed by atoms with Gasteiger partial charge in [-0.2, -0.15) is 0 Å². The molecule has 2 aliphatic rings. The third-order valence-electron chi connectivity index (χ3n) is 4.97. The number of hydrogen-bond donors (Lipinski definition) is 1. The molecule has 2 aliphatic carbocycles. The minimum Gasteiger partial charge on any atom is -0.309 e. The van der Waals surface area contributed by atoms with Crippen molar-refractivity contribution in [1.29, 1.82) is 0 Å². The maximum Gasteiger partial charge on any atom is 0.263 e. The number of alkyl halides is 2. The average Bonchev–Trinajstić information content (AvgIpc) is 2.88. The molecule has 0 bridgehead atoms. The molecule has 1 atom stereocenters. The molecule has 2 fully saturated rings. The van der Waals surface area contributed by atoms with Gasteiger partial charge in [-0.05, 0) is 55.8 Å². The van der Waals surface area contributed by atoms with Crippen molar-refractivity contribution in [2.24, 2.45) is 0 Å². The molecule has 0 heterocycles. The molecular weight excluding hydrogens is 335 g/mol. The average molecular weight is 362 g/mol. The van der Waals surface area contributed by atoms with Gasteiger partial charge in [0, 0.05) is 11.4 Å². The summed E-state index contributed by atoms with van der Waals surface area (Å²) in [6, 6.07) is 4.21. The highest BCUT2D eigenvalue weighted by Crippen LogP contribution is 2.36. The summed E-state index contributed by atoms with van der Waals surface area (Å²) in [5, 5.41) is 3.38. The Hall–Kier alpha value is -0.740. The molecule has 1 unspecified atom stereocenters. The van der Waals surface area contributed by atoms with Crippen molar-refractivity contribution < 1.29 is 13.2 Å². The Morgan fingerprint density at radius 1 is 1.12 bits per heavy atom. The number of benzene rings is 1. The molecule has 0 aromatic heterocycles. The molecule has 136 valence electrons. The van der Waals surface area contributed by atoms with Crippen LogP contribution in [0.15, 0.2) is 18.2 Å². The number of nitrogens with one attached hydrogen (secondary N) is 1. The second-order valence-corrected chi connectivity index (χ2v) is 7.17. The SMILES string of the molecule is CCNC1CCCC1(F)F.Fc1ccc(C2CCCCC2)c(Cl)c1. The Kier molecular flexibility index (Phi) is 7.42. The van der Waals surface area contributed by atoms with Crippen LogP contribution >= 0.6 is 11.6 Å². The third kappa shape index (κ3) is 5.38. The first kappa shape index (κ1) is 19.6. The highest BCUT2D eigenvalue weighted by molar-refractivity contribution is 6.31. The number of halogens is 4. The van der Waals surface area contributed by atoms with Gasteiger partial charge in [-0.25, -0.2) is 13.2 Å². The summed E-state index contributed by atoms with van der Waals surface area (Å²) in [7, 11) is 0. The monoisotopic (exact) mass is 361 g/mol. The van der Waals surface area contributed by atoms with E-state index in [4.69, 9.17) is 11.6 Å². The fourth-order valence-corrected chi connectivity index (χ4v) is 3.99. The first-order chi connectivity index (χ1) is 11.4. The van der Waals surface area contributed by atoms with Crippen molar-refractivity contribution in [3.63, 3.8) is 0 Å². The predicted octanol–water partition coefficient (Wildman–Crippen LogP) is 6.31. The molecule has 1 nitrogen and oxygen atoms in total. The zero-order valence-corrected chi connectivity index (χ0v) is 15.0. The predicted molar refractivity (Wildman–Crippen MR) is 93.5 cm³/mol. The van der Waals surface area contributed by atoms with E-state index in [-0.39, 0.29) is 12.2 Å². The van der Waals surface area contributed by atoms with Crippen LogP contribution in [-0.2, 0) is 0 Å². The minimum absolute atomic E-state index is 0.0602. The Morgan fingerprint density at radius 3 is 2.38 bits per heavy atom. The van der Waals surface area contributed by atoms with Gasteiger partial charge in [0.15, 0.2) is 0 Å². The molecule has 1 aromatic rings. The molecule has 1 N–H and O–H groups in total. The lowest BCUT2D eigenvalue weighted by atomic mass is 9.84. The summed E-state index contributed by atoms with van der Waals surface area (Å²) in [4.78, 5) is 0. The van der Waals surface area contributed by atoms with Crippen molar-refractivity contribution >= 4 is 11.6 Å². The molecule has 0 spiro atoms. The Bertz CT molecular complexity index is 515. The summed E-state index contributed by atoms with van der Waals surface area (Å²) < 4.78 is 38.3. The fraction of sp³-hybridized carbons (Fsp3) is 0.684. The molecule has 3 rings (SSSR count). The van der Waals surface area contributed by atoms with E-state index in [1.165, 1.54) is 44.2 Å². The number of hydrogen-bond acceptors (Lipinski definition) is 1. The van der Waals surface area contributed by atoms with Crippen LogP contribution in [0.25, 0.3) is 0 Å². The van der Waals surface area contributed by atoms with E-state index >= 15 is 0 Å². The lowest BCUT2D eigenvalue weighted by Crippen LogP contribution is -2.40. The molecular formula is C19H27ClF3N. The van der Waals surface area contributed by atoms with Gasteiger partial charge in [0.05, 0.1) is 6.04 Å². The smallest absolute Gasteiger partial charge is 0.263 e. The maximum atomic E-state index is 12.8. The van der Waals surface area contributed by atoms with Crippen molar-refractivity contribution in [3.05, 3.63) is 34.6 Å². The highest BCUT2D eigenvalue weighted by Gasteiger charge is 2.42. The normalized spacial score (nSPS) is 23.6. The molecule has 2 saturated carbocycles. The quantitative estimate of drug-likeness (QED) is 0.665. The molecule has 5 heteroatoms. The van der Waals surface area contributed by atoms with E-state index in [0.717, 1.165) is 5.56 Å². The van der Waals surface area contributed by atoms with Gasteiger partial charge < -0.3 is 5.32 Å². The van der Waals surface area contributed by atoms with E-state index in [1.54, 1.807) is 0 Å². The van der Waals surface area contributed by atoms with Crippen molar-refractivity contribution in [3.8, 4) is 0 Å². The van der Waals surface area contributed by atoms with E-state index in [1.807, 2.05) is 13.0 Å². The summed E-state index contributed by atoms with van der Waals surface area (Å²) in [5.74, 6) is -2.14. The maximum absolute atomic E-state index is 12.8. The molecule has 0 aliphatic heterocycles. The fourth-order valence-electron chi connectivity index (χ4n) is 3.67. The van der Waals surface area contributed by atoms with Crippen LogP contribution in [0.4, 0.5) is 13.2 Å². The van der Waals surface area contributed by atoms with Gasteiger partial charge >= 0.3 is 0 Å². The van der Waals surface area contributed by atoms with Crippen LogP contribution in [0, 0.1) is 5.82 Å². The van der Waals surface area contributed by atoms with Gasteiger partial charge in [-0.15, -0.1) is 0 Å². The van der Waals surface area contributed by atoms with Crippen LogP contribution in [0.1, 0.15) is 69.8 Å². The zero-order valence-electron chi connectivity index (χ0n) is 14.3. The van der Waals surface area contributed by atoms with Crippen LogP contribution in [0.2, 0.25) is 5.02 Å². The van der Waals surface area contributed by atoms with Crippen molar-refractivity contribution in [2.75, 3.05) is 6.54 Å². The largest absolute Gasteiger partial charge is 0.309 e. The van der Waals surface area contributed by atoms with Gasteiger partial charge in [0.2, 0.25) is 0 Å². The lowest BCUT2D eigenvalue weighted by molar-refractivity contribution is -0.0172. The minimum atomic E-state index is -2.45. The molecule has 24 heavy (non-hydrogen) atoms. The van der Waals surface area contributed by atoms with Crippen molar-refractivity contribution in [1.82, 2.24) is 5.32 Å². The molecule has 0 radical (unpaired) electrons. The second kappa shape index (κ2) is 9.10. The standard InChI is InChI=1S/C12H14ClF.C7H13F2N/c13-12-8-10(14)6-7-11(12)9-4-2-1-3-5-9;1-2-10-6-4-3-5-7(6,8)9/h6-9H,1-5H2;6,10H,2-5H2,1H3. The summed E-state index contributed by atoms with van der Waals surface area (Å²) in [6.07, 6.45) is 7.62. The first-order valence-corrected chi connectivity index (χ1v) is 9.38. The van der Waals surface area contributed by atoms with E-state index in [0.29, 0.717) is 30.3 Å². The Balaban J connectivity index is 0.000000185. The van der Waals surface area contributed by atoms with Crippen LogP contribution < -0.4 is 5.32 Å². The zero-order chi connectivity index (χ0) is 17.6. The first-order valence-electron chi connectivity index (χ1n) is 9.00. The molecule has 0 saturated heterocycles. The van der Waals surface area contributed by atoms with E-state index in [9.17, 15) is 13.2 Å². The second-order valence-electron chi connectivity index (χ2n) is 6.76. The van der Waals surface area contributed by atoms with Gasteiger partial charge in [0.1, 0.15) is 5.82 Å². The summed E-state index contributed by atoms with van der Waals surface area (Å²) in [6.45, 7) is 2.49. The molecule has 0 amide bonds. The van der Waals surface area contributed by atoms with E-state index < -0.39 is 12.0 Å². The summed E-state index contributed by atoms with van der Waals surface area (Å²) in [5.41, 5.74) is 1.13. The van der Waals surface area contributed by atoms with Crippen molar-refractivity contribution in [2.45, 2.75) is 76.2 Å². The topological polar surface area (TPSA) is 12.0 Å². The van der Waals surface area contributed by atoms with Crippen LogP contribution in [0.3, 0.4) is 0 Å². The van der Waals surface area contributed by atoms with E-state index in [2.05, 4.69) is 5.32 Å². The Labute approximate surface area is 148 Å². The van der Waals surface area contributed by atoms with Gasteiger partial charge in [-0.1, -0.05) is 43.9 Å². The van der Waals surface area contributed by atoms with Crippen LogP contribution in [0.5, 0.6) is 0 Å². The third-order valence-corrected chi connectivity index (χ3v) is 5.30. The number of rotatable bonds is 3. The summed E-state index contributed by atoms with van der Waals surface area (Å²) >= 11 is 6.02. The van der Waals surface area contributed by atoms with Crippen LogP contribution in [-0.4, -0.2) is 18.5 Å². The van der Waals surface area contributed by atoms with Gasteiger partial charge in [0.25, 0.3) is 5.92 Å².